The van der Waals surface area contributed by atoms with Crippen LogP contribution >= 0.6 is 0 Å². The van der Waals surface area contributed by atoms with Crippen molar-refractivity contribution in [1.29, 1.82) is 0 Å². The number of anilines is 2. The van der Waals surface area contributed by atoms with Gasteiger partial charge in [-0.25, -0.2) is 4.98 Å². The molecule has 2 N–H and O–H groups in total. The number of amides is 2. The fourth-order valence-corrected chi connectivity index (χ4v) is 3.17. The number of carbonyl (C=O) groups is 2. The second-order valence-electron chi connectivity index (χ2n) is 6.38. The van der Waals surface area contributed by atoms with Crippen molar-refractivity contribution < 1.29 is 9.59 Å². The maximum absolute atomic E-state index is 12.2. The minimum Gasteiger partial charge on any atom is -0.326 e. The molecule has 6 nitrogen and oxygen atoms in total. The standard InChI is InChI=1S/C20H18N4O2/c25-19(24-18-12-21-16-7-3-4-8-17(16)22-18)10-9-14-11-13-5-1-2-6-15(13)23-20(14)26/h1-8,12,14H,9-11H2,(H,23,26)(H,22,24,25). The van der Waals surface area contributed by atoms with Gasteiger partial charge in [-0.1, -0.05) is 30.3 Å². The van der Waals surface area contributed by atoms with Crippen LogP contribution < -0.4 is 10.6 Å². The van der Waals surface area contributed by atoms with E-state index in [1.165, 1.54) is 0 Å². The number of rotatable bonds is 4. The lowest BCUT2D eigenvalue weighted by atomic mass is 9.89. The van der Waals surface area contributed by atoms with Crippen molar-refractivity contribution in [3.63, 3.8) is 0 Å². The van der Waals surface area contributed by atoms with Gasteiger partial charge in [-0.2, -0.15) is 0 Å². The molecule has 26 heavy (non-hydrogen) atoms. The highest BCUT2D eigenvalue weighted by molar-refractivity contribution is 5.96. The molecule has 0 radical (unpaired) electrons. The van der Waals surface area contributed by atoms with Crippen LogP contribution in [0.5, 0.6) is 0 Å². The maximum Gasteiger partial charge on any atom is 0.227 e. The zero-order chi connectivity index (χ0) is 17.9. The molecule has 2 amide bonds. The molecule has 4 rings (SSSR count). The Morgan fingerprint density at radius 2 is 1.88 bits per heavy atom. The van der Waals surface area contributed by atoms with Crippen LogP contribution in [0.1, 0.15) is 18.4 Å². The summed E-state index contributed by atoms with van der Waals surface area (Å²) in [5, 5.41) is 5.67. The van der Waals surface area contributed by atoms with Gasteiger partial charge in [-0.05, 0) is 36.6 Å². The van der Waals surface area contributed by atoms with E-state index >= 15 is 0 Å². The van der Waals surface area contributed by atoms with Gasteiger partial charge in [-0.3, -0.25) is 14.6 Å². The van der Waals surface area contributed by atoms with Crippen molar-refractivity contribution in [2.75, 3.05) is 10.6 Å². The molecule has 0 saturated carbocycles. The summed E-state index contributed by atoms with van der Waals surface area (Å²) in [6, 6.07) is 15.2. The number of fused-ring (bicyclic) bond motifs is 2. The van der Waals surface area contributed by atoms with Crippen LogP contribution in [-0.4, -0.2) is 21.8 Å². The Hall–Kier alpha value is -3.28. The van der Waals surface area contributed by atoms with Crippen LogP contribution in [0.15, 0.2) is 54.7 Å². The summed E-state index contributed by atoms with van der Waals surface area (Å²) in [5.74, 6) is 0.0358. The maximum atomic E-state index is 12.2. The number of hydrogen-bond donors (Lipinski definition) is 2. The Balaban J connectivity index is 1.37. The second kappa shape index (κ2) is 6.92. The Kier molecular flexibility index (Phi) is 4.31. The molecule has 1 unspecified atom stereocenters. The third-order valence-electron chi connectivity index (χ3n) is 4.55. The lowest BCUT2D eigenvalue weighted by Gasteiger charge is -2.24. The molecule has 0 fully saturated rings. The third-order valence-corrected chi connectivity index (χ3v) is 4.55. The van der Waals surface area contributed by atoms with E-state index in [0.29, 0.717) is 18.7 Å². The molecule has 130 valence electrons. The molecular weight excluding hydrogens is 328 g/mol. The van der Waals surface area contributed by atoms with E-state index in [1.54, 1.807) is 6.20 Å². The molecule has 0 spiro atoms. The number of benzene rings is 2. The van der Waals surface area contributed by atoms with Gasteiger partial charge in [0.1, 0.15) is 0 Å². The zero-order valence-corrected chi connectivity index (χ0v) is 14.1. The van der Waals surface area contributed by atoms with Crippen molar-refractivity contribution in [2.45, 2.75) is 19.3 Å². The first-order valence-corrected chi connectivity index (χ1v) is 8.59. The fraction of sp³-hybridized carbons (Fsp3) is 0.200. The first kappa shape index (κ1) is 16.2. The molecule has 0 aliphatic carbocycles. The SMILES string of the molecule is O=C(CCC1Cc2ccccc2NC1=O)Nc1cnc2ccccc2n1. The molecular formula is C20H18N4O2. The minimum absolute atomic E-state index is 0.0259. The predicted molar refractivity (Wildman–Crippen MR) is 99.7 cm³/mol. The number of hydrogen-bond acceptors (Lipinski definition) is 4. The van der Waals surface area contributed by atoms with E-state index in [2.05, 4.69) is 20.6 Å². The molecule has 1 aliphatic rings. The summed E-state index contributed by atoms with van der Waals surface area (Å²) in [5.41, 5.74) is 3.49. The van der Waals surface area contributed by atoms with E-state index in [1.807, 2.05) is 48.5 Å². The minimum atomic E-state index is -0.196. The van der Waals surface area contributed by atoms with Gasteiger partial charge in [0.2, 0.25) is 11.8 Å². The van der Waals surface area contributed by atoms with Crippen LogP contribution in [0.3, 0.4) is 0 Å². The molecule has 3 aromatic rings. The van der Waals surface area contributed by atoms with E-state index < -0.39 is 0 Å². The fourth-order valence-electron chi connectivity index (χ4n) is 3.17. The number of nitrogens with one attached hydrogen (secondary N) is 2. The van der Waals surface area contributed by atoms with Crippen molar-refractivity contribution in [3.05, 3.63) is 60.3 Å². The van der Waals surface area contributed by atoms with Gasteiger partial charge in [0.25, 0.3) is 0 Å². The van der Waals surface area contributed by atoms with Gasteiger partial charge in [0, 0.05) is 18.0 Å². The van der Waals surface area contributed by atoms with Gasteiger partial charge in [0.05, 0.1) is 17.2 Å². The van der Waals surface area contributed by atoms with E-state index in [9.17, 15) is 9.59 Å². The monoisotopic (exact) mass is 346 g/mol. The summed E-state index contributed by atoms with van der Waals surface area (Å²) >= 11 is 0. The van der Waals surface area contributed by atoms with Crippen molar-refractivity contribution in [3.8, 4) is 0 Å². The van der Waals surface area contributed by atoms with Crippen LogP contribution in [0.25, 0.3) is 11.0 Å². The van der Waals surface area contributed by atoms with E-state index in [-0.39, 0.29) is 24.2 Å². The largest absolute Gasteiger partial charge is 0.326 e. The summed E-state index contributed by atoms with van der Waals surface area (Å²) in [6.07, 6.45) is 2.95. The summed E-state index contributed by atoms with van der Waals surface area (Å²) in [6.45, 7) is 0. The van der Waals surface area contributed by atoms with Crippen molar-refractivity contribution >= 4 is 34.4 Å². The third kappa shape index (κ3) is 3.39. The average molecular weight is 346 g/mol. The lowest BCUT2D eigenvalue weighted by molar-refractivity contribution is -0.121. The van der Waals surface area contributed by atoms with Crippen LogP contribution in [0, 0.1) is 5.92 Å². The van der Waals surface area contributed by atoms with Crippen molar-refractivity contribution in [1.82, 2.24) is 9.97 Å². The van der Waals surface area contributed by atoms with E-state index in [0.717, 1.165) is 22.3 Å². The quantitative estimate of drug-likeness (QED) is 0.760. The zero-order valence-electron chi connectivity index (χ0n) is 14.1. The predicted octanol–water partition coefficient (Wildman–Crippen LogP) is 3.16. The summed E-state index contributed by atoms with van der Waals surface area (Å²) in [4.78, 5) is 33.1. The van der Waals surface area contributed by atoms with Crippen LogP contribution in [-0.2, 0) is 16.0 Å². The topological polar surface area (TPSA) is 84.0 Å². The van der Waals surface area contributed by atoms with Gasteiger partial charge >= 0.3 is 0 Å². The molecule has 1 aliphatic heterocycles. The van der Waals surface area contributed by atoms with Gasteiger partial charge < -0.3 is 10.6 Å². The highest BCUT2D eigenvalue weighted by Crippen LogP contribution is 2.27. The van der Waals surface area contributed by atoms with E-state index in [4.69, 9.17) is 0 Å². The number of para-hydroxylation sites is 3. The highest BCUT2D eigenvalue weighted by atomic mass is 16.2. The number of nitrogens with zero attached hydrogens (tertiary/aromatic N) is 2. The Labute approximate surface area is 150 Å². The second-order valence-corrected chi connectivity index (χ2v) is 6.38. The molecule has 1 aromatic heterocycles. The normalized spacial score (nSPS) is 16.0. The average Bonchev–Trinajstić information content (AvgIpc) is 2.66. The molecule has 2 heterocycles. The van der Waals surface area contributed by atoms with Gasteiger partial charge in [-0.15, -0.1) is 0 Å². The smallest absolute Gasteiger partial charge is 0.227 e. The summed E-state index contributed by atoms with van der Waals surface area (Å²) in [7, 11) is 0. The molecule has 0 bridgehead atoms. The van der Waals surface area contributed by atoms with Crippen LogP contribution in [0.2, 0.25) is 0 Å². The Morgan fingerprint density at radius 3 is 2.77 bits per heavy atom. The summed E-state index contributed by atoms with van der Waals surface area (Å²) < 4.78 is 0. The van der Waals surface area contributed by atoms with Crippen LogP contribution in [0.4, 0.5) is 11.5 Å². The Bertz CT molecular complexity index is 986. The van der Waals surface area contributed by atoms with Crippen molar-refractivity contribution in [2.24, 2.45) is 5.92 Å². The first-order chi connectivity index (χ1) is 12.7. The number of carbonyl (C=O) groups excluding carboxylic acids is 2. The molecule has 0 saturated heterocycles. The Morgan fingerprint density at radius 1 is 1.12 bits per heavy atom. The highest BCUT2D eigenvalue weighted by Gasteiger charge is 2.26. The first-order valence-electron chi connectivity index (χ1n) is 8.59. The molecule has 6 heteroatoms. The molecule has 1 atom stereocenters. The van der Waals surface area contributed by atoms with Gasteiger partial charge in [0.15, 0.2) is 5.82 Å². The molecule has 2 aromatic carbocycles. The lowest BCUT2D eigenvalue weighted by Crippen LogP contribution is -2.30. The number of aromatic nitrogens is 2.